The molecule has 0 spiro atoms. The number of hydrogen-bond donors (Lipinski definition) is 1. The van der Waals surface area contributed by atoms with Crippen molar-refractivity contribution < 1.29 is 31.9 Å². The molecular weight excluding hydrogens is 549 g/mol. The number of hydrogen-bond acceptors (Lipinski definition) is 6. The Morgan fingerprint density at radius 2 is 1.56 bits per heavy atom. The first-order valence-corrected chi connectivity index (χ1v) is 14.6. The Hall–Kier alpha value is -4.12. The fraction of sp³-hybridized carbons (Fsp3) is 0.333. The maximum Gasteiger partial charge on any atom is 0.264 e. The lowest BCUT2D eigenvalue weighted by atomic mass is 10.1. The van der Waals surface area contributed by atoms with Crippen LogP contribution in [0.4, 0.5) is 10.1 Å². The largest absolute Gasteiger partial charge is 0.497 e. The number of carbonyl (C=O) groups excluding carboxylic acids is 2. The molecule has 0 saturated carbocycles. The van der Waals surface area contributed by atoms with Gasteiger partial charge in [0.25, 0.3) is 10.0 Å². The Morgan fingerprint density at radius 3 is 2.15 bits per heavy atom. The molecule has 3 aromatic carbocycles. The minimum absolute atomic E-state index is 0.0451. The number of carbonyl (C=O) groups is 2. The van der Waals surface area contributed by atoms with E-state index in [-0.39, 0.29) is 28.9 Å². The summed E-state index contributed by atoms with van der Waals surface area (Å²) in [4.78, 5) is 28.3. The molecular formula is C30H36FN3O6S. The molecule has 41 heavy (non-hydrogen) atoms. The number of para-hydroxylation sites is 2. The van der Waals surface area contributed by atoms with Crippen molar-refractivity contribution in [1.82, 2.24) is 10.2 Å². The predicted molar refractivity (Wildman–Crippen MR) is 155 cm³/mol. The van der Waals surface area contributed by atoms with E-state index in [0.29, 0.717) is 17.7 Å². The van der Waals surface area contributed by atoms with Crippen molar-refractivity contribution in [3.05, 3.63) is 84.2 Å². The number of methoxy groups -OCH3 is 2. The number of nitrogens with one attached hydrogen (secondary N) is 1. The molecule has 0 saturated heterocycles. The second-order valence-electron chi connectivity index (χ2n) is 9.50. The Balaban J connectivity index is 2.06. The molecule has 9 nitrogen and oxygen atoms in total. The minimum atomic E-state index is -4.29. The summed E-state index contributed by atoms with van der Waals surface area (Å²) in [5.41, 5.74) is 0.724. The zero-order valence-electron chi connectivity index (χ0n) is 23.8. The van der Waals surface area contributed by atoms with E-state index in [1.165, 1.54) is 73.7 Å². The van der Waals surface area contributed by atoms with E-state index < -0.39 is 40.2 Å². The molecule has 11 heteroatoms. The first kappa shape index (κ1) is 31.4. The smallest absolute Gasteiger partial charge is 0.264 e. The highest BCUT2D eigenvalue weighted by Gasteiger charge is 2.34. The molecule has 0 aliphatic rings. The van der Waals surface area contributed by atoms with E-state index in [1.807, 2.05) is 13.8 Å². The summed E-state index contributed by atoms with van der Waals surface area (Å²) in [5.74, 6) is -0.761. The summed E-state index contributed by atoms with van der Waals surface area (Å²) < 4.78 is 53.1. The Kier molecular flexibility index (Phi) is 10.7. The second-order valence-corrected chi connectivity index (χ2v) is 11.4. The van der Waals surface area contributed by atoms with E-state index in [2.05, 4.69) is 5.32 Å². The second kappa shape index (κ2) is 14.0. The lowest BCUT2D eigenvalue weighted by Crippen LogP contribution is -2.52. The van der Waals surface area contributed by atoms with Crippen molar-refractivity contribution >= 4 is 27.5 Å². The molecule has 0 bridgehead atoms. The molecule has 0 aliphatic heterocycles. The molecule has 2 amide bonds. The molecule has 220 valence electrons. The van der Waals surface area contributed by atoms with Crippen LogP contribution in [0.1, 0.15) is 32.8 Å². The number of nitrogens with zero attached hydrogens (tertiary/aromatic N) is 2. The quantitative estimate of drug-likeness (QED) is 0.320. The first-order valence-electron chi connectivity index (χ1n) is 13.2. The SMILES string of the molecule is CCC(C)NC(=O)C(C)N(Cc1ccc(F)cc1)C(=O)CN(c1ccccc1OC)S(=O)(=O)c1ccc(OC)cc1. The van der Waals surface area contributed by atoms with Crippen molar-refractivity contribution in [3.63, 3.8) is 0 Å². The maximum atomic E-state index is 14.0. The van der Waals surface area contributed by atoms with Crippen LogP contribution in [0.3, 0.4) is 0 Å². The average molecular weight is 586 g/mol. The number of halogens is 1. The van der Waals surface area contributed by atoms with Gasteiger partial charge in [0.05, 0.1) is 24.8 Å². The van der Waals surface area contributed by atoms with Crippen LogP contribution in [-0.2, 0) is 26.2 Å². The van der Waals surface area contributed by atoms with Crippen molar-refractivity contribution in [1.29, 1.82) is 0 Å². The fourth-order valence-corrected chi connectivity index (χ4v) is 5.48. The van der Waals surface area contributed by atoms with Gasteiger partial charge < -0.3 is 19.7 Å². The summed E-state index contributed by atoms with van der Waals surface area (Å²) in [6.45, 7) is 4.67. The number of anilines is 1. The van der Waals surface area contributed by atoms with Crippen LogP contribution in [-0.4, -0.2) is 58.0 Å². The topological polar surface area (TPSA) is 105 Å². The molecule has 0 radical (unpaired) electrons. The summed E-state index contributed by atoms with van der Waals surface area (Å²) in [6, 6.07) is 16.7. The summed E-state index contributed by atoms with van der Waals surface area (Å²) in [6.07, 6.45) is 0.687. The zero-order valence-corrected chi connectivity index (χ0v) is 24.7. The van der Waals surface area contributed by atoms with Crippen molar-refractivity contribution in [2.75, 3.05) is 25.1 Å². The normalized spacial score (nSPS) is 12.6. The van der Waals surface area contributed by atoms with Gasteiger partial charge in [-0.15, -0.1) is 0 Å². The number of benzene rings is 3. The molecule has 2 unspecified atom stereocenters. The van der Waals surface area contributed by atoms with Gasteiger partial charge in [-0.3, -0.25) is 13.9 Å². The van der Waals surface area contributed by atoms with Gasteiger partial charge in [0.15, 0.2) is 0 Å². The molecule has 0 fully saturated rings. The number of rotatable bonds is 13. The standard InChI is InChI=1S/C30H36FN3O6S/c1-6-21(2)32-30(36)22(3)33(19-23-11-13-24(31)14-12-23)29(35)20-34(27-9-7-8-10-28(27)40-5)41(37,38)26-17-15-25(39-4)16-18-26/h7-18,21-22H,6,19-20H2,1-5H3,(H,32,36). The Morgan fingerprint density at radius 1 is 0.927 bits per heavy atom. The van der Waals surface area contributed by atoms with Gasteiger partial charge in [-0.05, 0) is 74.4 Å². The van der Waals surface area contributed by atoms with Crippen molar-refractivity contribution in [2.45, 2.75) is 50.7 Å². The van der Waals surface area contributed by atoms with Gasteiger partial charge in [0.2, 0.25) is 11.8 Å². The van der Waals surface area contributed by atoms with E-state index >= 15 is 0 Å². The van der Waals surface area contributed by atoms with Gasteiger partial charge in [0.1, 0.15) is 29.9 Å². The monoisotopic (exact) mass is 585 g/mol. The molecule has 3 aromatic rings. The highest BCUT2D eigenvalue weighted by molar-refractivity contribution is 7.92. The van der Waals surface area contributed by atoms with Gasteiger partial charge in [-0.2, -0.15) is 0 Å². The summed E-state index contributed by atoms with van der Waals surface area (Å²) in [7, 11) is -1.41. The third-order valence-electron chi connectivity index (χ3n) is 6.71. The van der Waals surface area contributed by atoms with Crippen LogP contribution >= 0.6 is 0 Å². The van der Waals surface area contributed by atoms with Gasteiger partial charge >= 0.3 is 0 Å². The van der Waals surface area contributed by atoms with E-state index in [1.54, 1.807) is 25.1 Å². The third-order valence-corrected chi connectivity index (χ3v) is 8.49. The molecule has 0 aliphatic carbocycles. The molecule has 2 atom stereocenters. The lowest BCUT2D eigenvalue weighted by Gasteiger charge is -2.32. The highest BCUT2D eigenvalue weighted by Crippen LogP contribution is 2.33. The van der Waals surface area contributed by atoms with E-state index in [0.717, 1.165) is 4.31 Å². The number of sulfonamides is 1. The predicted octanol–water partition coefficient (Wildman–Crippen LogP) is 4.37. The summed E-state index contributed by atoms with van der Waals surface area (Å²) in [5, 5.41) is 2.87. The van der Waals surface area contributed by atoms with Crippen LogP contribution in [0.15, 0.2) is 77.7 Å². The minimum Gasteiger partial charge on any atom is -0.497 e. The van der Waals surface area contributed by atoms with Gasteiger partial charge in [0, 0.05) is 12.6 Å². The Labute approximate surface area is 240 Å². The number of ether oxygens (including phenoxy) is 2. The van der Waals surface area contributed by atoms with Crippen LogP contribution in [0.5, 0.6) is 11.5 Å². The number of amides is 2. The van der Waals surface area contributed by atoms with E-state index in [4.69, 9.17) is 9.47 Å². The van der Waals surface area contributed by atoms with Crippen molar-refractivity contribution in [2.24, 2.45) is 0 Å². The Bertz CT molecular complexity index is 1430. The molecule has 3 rings (SSSR count). The highest BCUT2D eigenvalue weighted by atomic mass is 32.2. The van der Waals surface area contributed by atoms with Crippen LogP contribution in [0, 0.1) is 5.82 Å². The van der Waals surface area contributed by atoms with Crippen LogP contribution in [0.25, 0.3) is 0 Å². The van der Waals surface area contributed by atoms with Gasteiger partial charge in [-0.25, -0.2) is 12.8 Å². The summed E-state index contributed by atoms with van der Waals surface area (Å²) >= 11 is 0. The van der Waals surface area contributed by atoms with Crippen LogP contribution < -0.4 is 19.1 Å². The average Bonchev–Trinajstić information content (AvgIpc) is 2.98. The maximum absolute atomic E-state index is 14.0. The molecule has 1 N–H and O–H groups in total. The van der Waals surface area contributed by atoms with Crippen LogP contribution in [0.2, 0.25) is 0 Å². The molecule has 0 heterocycles. The van der Waals surface area contributed by atoms with E-state index in [9.17, 15) is 22.4 Å². The third kappa shape index (κ3) is 7.75. The lowest BCUT2D eigenvalue weighted by molar-refractivity contribution is -0.139. The first-order chi connectivity index (χ1) is 19.5. The fourth-order valence-electron chi connectivity index (χ4n) is 4.06. The zero-order chi connectivity index (χ0) is 30.2. The molecule has 0 aromatic heterocycles. The van der Waals surface area contributed by atoms with Crippen molar-refractivity contribution in [3.8, 4) is 11.5 Å². The van der Waals surface area contributed by atoms with Gasteiger partial charge in [-0.1, -0.05) is 31.2 Å².